The summed E-state index contributed by atoms with van der Waals surface area (Å²) in [4.78, 5) is 24.7. The molecule has 0 aliphatic carbocycles. The SMILES string of the molecule is COC(=O)C(CO)Nc1ccc([N+](=O)[O-])cn1. The van der Waals surface area contributed by atoms with Crippen LogP contribution in [0.1, 0.15) is 0 Å². The zero-order valence-electron chi connectivity index (χ0n) is 8.99. The van der Waals surface area contributed by atoms with E-state index in [1.165, 1.54) is 19.2 Å². The zero-order chi connectivity index (χ0) is 12.8. The first-order valence-corrected chi connectivity index (χ1v) is 4.64. The van der Waals surface area contributed by atoms with Crippen molar-refractivity contribution in [1.82, 2.24) is 4.98 Å². The third-order valence-corrected chi connectivity index (χ3v) is 1.95. The Labute approximate surface area is 96.4 Å². The largest absolute Gasteiger partial charge is 0.467 e. The van der Waals surface area contributed by atoms with Crippen LogP contribution in [0.4, 0.5) is 11.5 Å². The first kappa shape index (κ1) is 12.8. The molecule has 0 amide bonds. The Kier molecular flexibility index (Phi) is 4.35. The molecule has 17 heavy (non-hydrogen) atoms. The number of nitrogens with zero attached hydrogens (tertiary/aromatic N) is 2. The monoisotopic (exact) mass is 241 g/mol. The molecule has 8 heteroatoms. The molecule has 0 aliphatic rings. The third kappa shape index (κ3) is 3.38. The fraction of sp³-hybridized carbons (Fsp3) is 0.333. The number of rotatable bonds is 5. The number of hydrogen-bond acceptors (Lipinski definition) is 7. The molecule has 0 fully saturated rings. The minimum Gasteiger partial charge on any atom is -0.467 e. The minimum absolute atomic E-state index is 0.158. The van der Waals surface area contributed by atoms with E-state index in [1.54, 1.807) is 0 Å². The second-order valence-corrected chi connectivity index (χ2v) is 3.06. The molecule has 1 aromatic heterocycles. The van der Waals surface area contributed by atoms with Crippen LogP contribution in [0.3, 0.4) is 0 Å². The van der Waals surface area contributed by atoms with Crippen LogP contribution in [0, 0.1) is 10.1 Å². The summed E-state index contributed by atoms with van der Waals surface area (Å²) in [6.07, 6.45) is 1.05. The number of methoxy groups -OCH3 is 1. The number of nitro groups is 1. The van der Waals surface area contributed by atoms with Crippen molar-refractivity contribution in [1.29, 1.82) is 0 Å². The van der Waals surface area contributed by atoms with Gasteiger partial charge in [0.05, 0.1) is 18.6 Å². The highest BCUT2D eigenvalue weighted by atomic mass is 16.6. The van der Waals surface area contributed by atoms with Crippen molar-refractivity contribution < 1.29 is 19.6 Å². The number of esters is 1. The quantitative estimate of drug-likeness (QED) is 0.421. The third-order valence-electron chi connectivity index (χ3n) is 1.95. The van der Waals surface area contributed by atoms with Crippen LogP contribution in [0.15, 0.2) is 18.3 Å². The molecule has 1 unspecified atom stereocenters. The van der Waals surface area contributed by atoms with E-state index < -0.39 is 23.5 Å². The van der Waals surface area contributed by atoms with E-state index in [1.807, 2.05) is 0 Å². The minimum atomic E-state index is -0.950. The fourth-order valence-corrected chi connectivity index (χ4v) is 1.08. The van der Waals surface area contributed by atoms with Crippen LogP contribution < -0.4 is 5.32 Å². The Morgan fingerprint density at radius 3 is 2.82 bits per heavy atom. The maximum Gasteiger partial charge on any atom is 0.330 e. The van der Waals surface area contributed by atoms with E-state index in [0.29, 0.717) is 0 Å². The van der Waals surface area contributed by atoms with Crippen molar-refractivity contribution in [2.24, 2.45) is 0 Å². The van der Waals surface area contributed by atoms with Gasteiger partial charge in [-0.1, -0.05) is 0 Å². The molecule has 2 N–H and O–H groups in total. The number of nitrogens with one attached hydrogen (secondary N) is 1. The lowest BCUT2D eigenvalue weighted by Gasteiger charge is -2.13. The van der Waals surface area contributed by atoms with Crippen LogP contribution >= 0.6 is 0 Å². The molecule has 0 aliphatic heterocycles. The molecule has 0 spiro atoms. The first-order chi connectivity index (χ1) is 8.08. The fourth-order valence-electron chi connectivity index (χ4n) is 1.08. The van der Waals surface area contributed by atoms with Crippen LogP contribution in [0.5, 0.6) is 0 Å². The number of aromatic nitrogens is 1. The molecule has 1 heterocycles. The van der Waals surface area contributed by atoms with E-state index in [2.05, 4.69) is 15.0 Å². The summed E-state index contributed by atoms with van der Waals surface area (Å²) in [7, 11) is 1.19. The maximum absolute atomic E-state index is 11.1. The van der Waals surface area contributed by atoms with Gasteiger partial charge >= 0.3 is 5.97 Å². The van der Waals surface area contributed by atoms with E-state index in [0.717, 1.165) is 6.20 Å². The van der Waals surface area contributed by atoms with E-state index in [9.17, 15) is 14.9 Å². The summed E-state index contributed by atoms with van der Waals surface area (Å²) in [5.74, 6) is -0.410. The molecule has 0 bridgehead atoms. The predicted molar refractivity (Wildman–Crippen MR) is 57.4 cm³/mol. The molecule has 0 saturated heterocycles. The number of aliphatic hydroxyl groups is 1. The summed E-state index contributed by atoms with van der Waals surface area (Å²) in [6, 6.07) is 1.62. The first-order valence-electron chi connectivity index (χ1n) is 4.64. The van der Waals surface area contributed by atoms with Crippen LogP contribution in [-0.2, 0) is 9.53 Å². The summed E-state index contributed by atoms with van der Waals surface area (Å²) < 4.78 is 4.44. The van der Waals surface area contributed by atoms with Gasteiger partial charge in [-0.2, -0.15) is 0 Å². The van der Waals surface area contributed by atoms with Gasteiger partial charge in [0, 0.05) is 6.07 Å². The zero-order valence-corrected chi connectivity index (χ0v) is 8.99. The van der Waals surface area contributed by atoms with Crippen molar-refractivity contribution in [2.45, 2.75) is 6.04 Å². The Bertz CT molecular complexity index is 406. The molecular weight excluding hydrogens is 230 g/mol. The molecule has 0 radical (unpaired) electrons. The second-order valence-electron chi connectivity index (χ2n) is 3.06. The van der Waals surface area contributed by atoms with Crippen molar-refractivity contribution in [3.63, 3.8) is 0 Å². The van der Waals surface area contributed by atoms with Crippen LogP contribution in [0.25, 0.3) is 0 Å². The molecule has 92 valence electrons. The highest BCUT2D eigenvalue weighted by molar-refractivity contribution is 5.78. The van der Waals surface area contributed by atoms with Gasteiger partial charge < -0.3 is 15.2 Å². The van der Waals surface area contributed by atoms with E-state index in [-0.39, 0.29) is 11.5 Å². The number of carbonyl (C=O) groups is 1. The summed E-state index contributed by atoms with van der Waals surface area (Å²) >= 11 is 0. The lowest BCUT2D eigenvalue weighted by atomic mass is 10.3. The Hall–Kier alpha value is -2.22. The maximum atomic E-state index is 11.1. The van der Waals surface area contributed by atoms with Crippen molar-refractivity contribution in [3.05, 3.63) is 28.4 Å². The predicted octanol–water partition coefficient (Wildman–Crippen LogP) is -0.0644. The topological polar surface area (TPSA) is 115 Å². The molecule has 1 aromatic rings. The lowest BCUT2D eigenvalue weighted by Crippen LogP contribution is -2.34. The molecule has 1 rings (SSSR count). The van der Waals surface area contributed by atoms with Crippen molar-refractivity contribution >= 4 is 17.5 Å². The van der Waals surface area contributed by atoms with Gasteiger partial charge in [-0.3, -0.25) is 10.1 Å². The number of ether oxygens (including phenoxy) is 1. The highest BCUT2D eigenvalue weighted by Gasteiger charge is 2.18. The van der Waals surface area contributed by atoms with Gasteiger partial charge in [0.15, 0.2) is 0 Å². The van der Waals surface area contributed by atoms with Gasteiger partial charge in [0.25, 0.3) is 5.69 Å². The van der Waals surface area contributed by atoms with Crippen molar-refractivity contribution in [3.8, 4) is 0 Å². The molecule has 8 nitrogen and oxygen atoms in total. The average molecular weight is 241 g/mol. The highest BCUT2D eigenvalue weighted by Crippen LogP contribution is 2.12. The number of pyridine rings is 1. The van der Waals surface area contributed by atoms with Gasteiger partial charge in [0.2, 0.25) is 0 Å². The molecule has 1 atom stereocenters. The van der Waals surface area contributed by atoms with Gasteiger partial charge in [-0.05, 0) is 6.07 Å². The normalized spacial score (nSPS) is 11.6. The standard InChI is InChI=1S/C9H11N3O5/c1-17-9(14)7(5-13)11-8-3-2-6(4-10-8)12(15)16/h2-4,7,13H,5H2,1H3,(H,10,11). The number of aliphatic hydroxyl groups excluding tert-OH is 1. The lowest BCUT2D eigenvalue weighted by molar-refractivity contribution is -0.385. The molecular formula is C9H11N3O5. The Balaban J connectivity index is 2.74. The number of anilines is 1. The Morgan fingerprint density at radius 1 is 1.71 bits per heavy atom. The van der Waals surface area contributed by atoms with Crippen molar-refractivity contribution in [2.75, 3.05) is 19.0 Å². The summed E-state index contributed by atoms with van der Waals surface area (Å²) in [6.45, 7) is -0.467. The number of carbonyl (C=O) groups excluding carboxylic acids is 1. The van der Waals surface area contributed by atoms with Gasteiger partial charge in [-0.15, -0.1) is 0 Å². The number of hydrogen-bond donors (Lipinski definition) is 2. The second kappa shape index (κ2) is 5.75. The van der Waals surface area contributed by atoms with Gasteiger partial charge in [0.1, 0.15) is 18.1 Å². The van der Waals surface area contributed by atoms with Gasteiger partial charge in [-0.25, -0.2) is 9.78 Å². The van der Waals surface area contributed by atoms with E-state index in [4.69, 9.17) is 5.11 Å². The summed E-state index contributed by atoms with van der Waals surface area (Å²) in [5.41, 5.74) is -0.158. The molecule has 0 saturated carbocycles. The Morgan fingerprint density at radius 2 is 2.41 bits per heavy atom. The smallest absolute Gasteiger partial charge is 0.330 e. The van der Waals surface area contributed by atoms with E-state index >= 15 is 0 Å². The average Bonchev–Trinajstić information content (AvgIpc) is 2.35. The van der Waals surface area contributed by atoms with Crippen LogP contribution in [0.2, 0.25) is 0 Å². The summed E-state index contributed by atoms with van der Waals surface area (Å²) in [5, 5.41) is 21.9. The molecule has 0 aromatic carbocycles. The van der Waals surface area contributed by atoms with Crippen LogP contribution in [-0.4, -0.2) is 40.7 Å².